The summed E-state index contributed by atoms with van der Waals surface area (Å²) >= 11 is 0. The maximum absolute atomic E-state index is 12.2. The molecule has 2 rings (SSSR count). The lowest BCUT2D eigenvalue weighted by atomic mass is 10.3. The summed E-state index contributed by atoms with van der Waals surface area (Å²) in [4.78, 5) is 35.7. The van der Waals surface area contributed by atoms with Gasteiger partial charge in [0.25, 0.3) is 5.91 Å². The highest BCUT2D eigenvalue weighted by Gasteiger charge is 2.13. The average Bonchev–Trinajstić information content (AvgIpc) is 3.02. The summed E-state index contributed by atoms with van der Waals surface area (Å²) in [6.45, 7) is -0.503. The van der Waals surface area contributed by atoms with Gasteiger partial charge < -0.3 is 20.1 Å². The first-order valence-corrected chi connectivity index (χ1v) is 7.21. The highest BCUT2D eigenvalue weighted by molar-refractivity contribution is 6.02. The van der Waals surface area contributed by atoms with E-state index in [1.165, 1.54) is 21.8 Å². The van der Waals surface area contributed by atoms with Gasteiger partial charge in [0.15, 0.2) is 12.3 Å². The first-order chi connectivity index (χ1) is 11.8. The zero-order valence-corrected chi connectivity index (χ0v) is 13.7. The minimum Gasteiger partial charge on any atom is -0.482 e. The van der Waals surface area contributed by atoms with Gasteiger partial charge in [0, 0.05) is 25.8 Å². The third kappa shape index (κ3) is 5.30. The molecule has 2 amide bonds. The molecule has 2 aromatic rings. The van der Waals surface area contributed by atoms with Gasteiger partial charge in [-0.3, -0.25) is 9.59 Å². The van der Waals surface area contributed by atoms with Crippen molar-refractivity contribution in [2.45, 2.75) is 6.54 Å². The predicted molar refractivity (Wildman–Crippen MR) is 86.2 cm³/mol. The summed E-state index contributed by atoms with van der Waals surface area (Å²) in [5, 5.41) is 18.7. The number of nitrogens with one attached hydrogen (secondary N) is 1. The van der Waals surface area contributed by atoms with E-state index >= 15 is 0 Å². The Morgan fingerprint density at radius 2 is 2.08 bits per heavy atom. The summed E-state index contributed by atoms with van der Waals surface area (Å²) < 4.78 is 6.31. The smallest absolute Gasteiger partial charge is 0.341 e. The molecule has 0 atom stereocenters. The number of carboxylic acid groups (broad SMARTS) is 1. The number of carbonyl (C=O) groups excluding carboxylic acids is 2. The van der Waals surface area contributed by atoms with Crippen LogP contribution in [-0.2, 0) is 16.1 Å². The topological polar surface area (TPSA) is 127 Å². The van der Waals surface area contributed by atoms with Crippen molar-refractivity contribution in [1.29, 1.82) is 0 Å². The number of amides is 2. The van der Waals surface area contributed by atoms with Crippen LogP contribution in [-0.4, -0.2) is 63.5 Å². The number of anilines is 1. The third-order valence-electron chi connectivity index (χ3n) is 3.02. The molecular weight excluding hydrogens is 330 g/mol. The van der Waals surface area contributed by atoms with Crippen LogP contribution in [0.25, 0.3) is 0 Å². The van der Waals surface area contributed by atoms with Crippen LogP contribution in [0.15, 0.2) is 30.5 Å². The molecule has 0 unspecified atom stereocenters. The maximum Gasteiger partial charge on any atom is 0.341 e. The fourth-order valence-corrected chi connectivity index (χ4v) is 1.76. The van der Waals surface area contributed by atoms with Gasteiger partial charge in [-0.25, -0.2) is 9.48 Å². The van der Waals surface area contributed by atoms with Gasteiger partial charge in [-0.2, -0.15) is 0 Å². The zero-order chi connectivity index (χ0) is 18.4. The molecule has 0 bridgehead atoms. The molecule has 2 N–H and O–H groups in total. The molecule has 1 aromatic carbocycles. The van der Waals surface area contributed by atoms with E-state index in [4.69, 9.17) is 9.84 Å². The SMILES string of the molecule is CN(C)C(=O)Cn1cc(C(=O)Nc2cccc(OCC(=O)O)c2)nn1. The molecular formula is C15H17N5O5. The number of nitrogens with zero attached hydrogens (tertiary/aromatic N) is 4. The summed E-state index contributed by atoms with van der Waals surface area (Å²) in [6, 6.07) is 6.29. The predicted octanol–water partition coefficient (Wildman–Crippen LogP) is 0.0820. The number of aromatic nitrogens is 3. The van der Waals surface area contributed by atoms with Gasteiger partial charge in [0.2, 0.25) is 5.91 Å². The Hall–Kier alpha value is -3.43. The van der Waals surface area contributed by atoms with Gasteiger partial charge in [0.1, 0.15) is 12.3 Å². The van der Waals surface area contributed by atoms with E-state index in [1.807, 2.05) is 0 Å². The summed E-state index contributed by atoms with van der Waals surface area (Å²) in [5.74, 6) is -1.49. The highest BCUT2D eigenvalue weighted by atomic mass is 16.5. The molecule has 0 fully saturated rings. The lowest BCUT2D eigenvalue weighted by Gasteiger charge is -2.08. The van der Waals surface area contributed by atoms with Crippen LogP contribution in [0.1, 0.15) is 10.5 Å². The molecule has 0 saturated carbocycles. The van der Waals surface area contributed by atoms with Crippen molar-refractivity contribution in [3.05, 3.63) is 36.2 Å². The van der Waals surface area contributed by atoms with Gasteiger partial charge in [0.05, 0.1) is 6.20 Å². The molecule has 0 aliphatic rings. The number of rotatable bonds is 7. The zero-order valence-electron chi connectivity index (χ0n) is 13.7. The summed E-state index contributed by atoms with van der Waals surface area (Å²) in [5.41, 5.74) is 0.454. The average molecular weight is 347 g/mol. The minimum atomic E-state index is -1.10. The van der Waals surface area contributed by atoms with Crippen molar-refractivity contribution in [2.24, 2.45) is 0 Å². The van der Waals surface area contributed by atoms with Crippen molar-refractivity contribution in [3.63, 3.8) is 0 Å². The quantitative estimate of drug-likeness (QED) is 0.726. The van der Waals surface area contributed by atoms with Crippen LogP contribution in [0.4, 0.5) is 5.69 Å². The molecule has 10 heteroatoms. The first kappa shape index (κ1) is 17.9. The van der Waals surface area contributed by atoms with Gasteiger partial charge in [-0.1, -0.05) is 11.3 Å². The minimum absolute atomic E-state index is 0.0220. The number of benzene rings is 1. The van der Waals surface area contributed by atoms with E-state index in [0.717, 1.165) is 0 Å². The Bertz CT molecular complexity index is 786. The molecule has 0 aliphatic heterocycles. The van der Waals surface area contributed by atoms with E-state index in [2.05, 4.69) is 15.6 Å². The van der Waals surface area contributed by atoms with Crippen LogP contribution in [0.5, 0.6) is 5.75 Å². The van der Waals surface area contributed by atoms with Crippen LogP contribution in [0.3, 0.4) is 0 Å². The third-order valence-corrected chi connectivity index (χ3v) is 3.02. The Morgan fingerprint density at radius 1 is 1.32 bits per heavy atom. The number of hydrogen-bond donors (Lipinski definition) is 2. The molecule has 0 spiro atoms. The Balaban J connectivity index is 2.00. The van der Waals surface area contributed by atoms with E-state index in [9.17, 15) is 14.4 Å². The van der Waals surface area contributed by atoms with E-state index < -0.39 is 18.5 Å². The van der Waals surface area contributed by atoms with Crippen LogP contribution >= 0.6 is 0 Å². The van der Waals surface area contributed by atoms with E-state index in [1.54, 1.807) is 32.3 Å². The van der Waals surface area contributed by atoms with E-state index in [0.29, 0.717) is 11.4 Å². The van der Waals surface area contributed by atoms with Crippen LogP contribution < -0.4 is 10.1 Å². The van der Waals surface area contributed by atoms with Crippen molar-refractivity contribution in [1.82, 2.24) is 19.9 Å². The first-order valence-electron chi connectivity index (χ1n) is 7.21. The molecule has 0 radical (unpaired) electrons. The largest absolute Gasteiger partial charge is 0.482 e. The van der Waals surface area contributed by atoms with Gasteiger partial charge in [-0.05, 0) is 12.1 Å². The second-order valence-corrected chi connectivity index (χ2v) is 5.25. The van der Waals surface area contributed by atoms with Gasteiger partial charge in [-0.15, -0.1) is 5.10 Å². The number of likely N-dealkylation sites (N-methyl/N-ethyl adjacent to an activating group) is 1. The van der Waals surface area contributed by atoms with Crippen molar-refractivity contribution >= 4 is 23.5 Å². The number of carboxylic acids is 1. The lowest BCUT2D eigenvalue weighted by molar-refractivity contribution is -0.139. The van der Waals surface area contributed by atoms with E-state index in [-0.39, 0.29) is 18.1 Å². The number of carbonyl (C=O) groups is 3. The van der Waals surface area contributed by atoms with Crippen molar-refractivity contribution in [3.8, 4) is 5.75 Å². The lowest BCUT2D eigenvalue weighted by Crippen LogP contribution is -2.26. The molecule has 1 heterocycles. The maximum atomic E-state index is 12.2. The Morgan fingerprint density at radius 3 is 2.76 bits per heavy atom. The number of hydrogen-bond acceptors (Lipinski definition) is 6. The molecule has 10 nitrogen and oxygen atoms in total. The fraction of sp³-hybridized carbons (Fsp3) is 0.267. The van der Waals surface area contributed by atoms with Crippen molar-refractivity contribution in [2.75, 3.05) is 26.0 Å². The number of aliphatic carboxylic acids is 1. The fourth-order valence-electron chi connectivity index (χ4n) is 1.76. The van der Waals surface area contributed by atoms with Gasteiger partial charge >= 0.3 is 5.97 Å². The number of ether oxygens (including phenoxy) is 1. The molecule has 0 aliphatic carbocycles. The molecule has 25 heavy (non-hydrogen) atoms. The molecule has 1 aromatic heterocycles. The normalized spacial score (nSPS) is 10.2. The molecule has 132 valence electrons. The standard InChI is InChI=1S/C15H17N5O5/c1-19(2)13(21)8-20-7-12(17-18-20)15(24)16-10-4-3-5-11(6-10)25-9-14(22)23/h3-7H,8-9H2,1-2H3,(H,16,24)(H,22,23). The summed E-state index contributed by atoms with van der Waals surface area (Å²) in [7, 11) is 3.23. The summed E-state index contributed by atoms with van der Waals surface area (Å²) in [6.07, 6.45) is 1.36. The Kier molecular flexibility index (Phi) is 5.66. The monoisotopic (exact) mass is 347 g/mol. The van der Waals surface area contributed by atoms with Crippen LogP contribution in [0, 0.1) is 0 Å². The van der Waals surface area contributed by atoms with Crippen LogP contribution in [0.2, 0.25) is 0 Å². The second-order valence-electron chi connectivity index (χ2n) is 5.25. The Labute approximate surface area is 143 Å². The molecule has 0 saturated heterocycles. The highest BCUT2D eigenvalue weighted by Crippen LogP contribution is 2.17. The van der Waals surface area contributed by atoms with Crippen molar-refractivity contribution < 1.29 is 24.2 Å². The second kappa shape index (κ2) is 7.90.